The lowest BCUT2D eigenvalue weighted by molar-refractivity contribution is -0.385. The van der Waals surface area contributed by atoms with E-state index in [2.05, 4.69) is 10.3 Å². The van der Waals surface area contributed by atoms with Gasteiger partial charge in [-0.1, -0.05) is 30.3 Å². The molecule has 0 saturated carbocycles. The van der Waals surface area contributed by atoms with E-state index >= 15 is 0 Å². The standard InChI is InChI=1S/C23H19N3O7S/c27-21(24-11-15-4-2-1-3-5-15)10-22-25-17(13-34-22)12-31-23(28)7-6-16-8-19-20(33-14-32-19)9-18(16)26(29)30/h1-9,13H,10-12,14H2,(H,24,27). The van der Waals surface area contributed by atoms with Crippen LogP contribution in [0.2, 0.25) is 0 Å². The van der Waals surface area contributed by atoms with Crippen molar-refractivity contribution in [2.24, 2.45) is 0 Å². The Labute approximate surface area is 197 Å². The number of aromatic nitrogens is 1. The van der Waals surface area contributed by atoms with Crippen molar-refractivity contribution in [2.75, 3.05) is 6.79 Å². The van der Waals surface area contributed by atoms with E-state index in [9.17, 15) is 19.7 Å². The molecule has 3 aromatic rings. The summed E-state index contributed by atoms with van der Waals surface area (Å²) in [6.45, 7) is 0.323. The molecule has 11 heteroatoms. The summed E-state index contributed by atoms with van der Waals surface area (Å²) in [4.78, 5) is 39.2. The zero-order valence-electron chi connectivity index (χ0n) is 17.8. The highest BCUT2D eigenvalue weighted by Gasteiger charge is 2.22. The topological polar surface area (TPSA) is 130 Å². The van der Waals surface area contributed by atoms with Crippen molar-refractivity contribution in [3.05, 3.63) is 85.9 Å². The molecular weight excluding hydrogens is 462 g/mol. The summed E-state index contributed by atoms with van der Waals surface area (Å²) in [5.74, 6) is -0.210. The van der Waals surface area contributed by atoms with Gasteiger partial charge in [0.1, 0.15) is 11.6 Å². The molecule has 34 heavy (non-hydrogen) atoms. The van der Waals surface area contributed by atoms with Crippen LogP contribution in [-0.2, 0) is 33.9 Å². The van der Waals surface area contributed by atoms with Crippen molar-refractivity contribution in [1.82, 2.24) is 10.3 Å². The van der Waals surface area contributed by atoms with E-state index in [0.717, 1.165) is 11.6 Å². The number of benzene rings is 2. The molecule has 10 nitrogen and oxygen atoms in total. The molecule has 1 N–H and O–H groups in total. The Kier molecular flexibility index (Phi) is 7.13. The second-order valence-corrected chi connectivity index (χ2v) is 8.08. The number of ether oxygens (including phenoxy) is 3. The van der Waals surface area contributed by atoms with Gasteiger partial charge in [-0.05, 0) is 17.7 Å². The van der Waals surface area contributed by atoms with Crippen molar-refractivity contribution < 1.29 is 28.7 Å². The van der Waals surface area contributed by atoms with Gasteiger partial charge in [0.15, 0.2) is 11.5 Å². The lowest BCUT2D eigenvalue weighted by Gasteiger charge is -2.03. The van der Waals surface area contributed by atoms with Crippen LogP contribution >= 0.6 is 11.3 Å². The number of thiazole rings is 1. The van der Waals surface area contributed by atoms with Gasteiger partial charge >= 0.3 is 5.97 Å². The Hall–Kier alpha value is -4.25. The molecule has 0 aliphatic carbocycles. The minimum absolute atomic E-state index is 0.0218. The predicted octanol–water partition coefficient (Wildman–Crippen LogP) is 3.40. The van der Waals surface area contributed by atoms with Gasteiger partial charge in [0.25, 0.3) is 5.69 Å². The van der Waals surface area contributed by atoms with Crippen molar-refractivity contribution in [3.8, 4) is 11.5 Å². The van der Waals surface area contributed by atoms with Crippen LogP contribution in [0.3, 0.4) is 0 Å². The van der Waals surface area contributed by atoms with E-state index in [1.165, 1.54) is 29.5 Å². The molecule has 0 radical (unpaired) electrons. The summed E-state index contributed by atoms with van der Waals surface area (Å²) < 4.78 is 15.5. The maximum Gasteiger partial charge on any atom is 0.331 e. The van der Waals surface area contributed by atoms with Crippen molar-refractivity contribution >= 4 is 35.0 Å². The molecule has 1 amide bonds. The number of hydrogen-bond donors (Lipinski definition) is 1. The number of amides is 1. The summed E-state index contributed by atoms with van der Waals surface area (Å²) in [5, 5.41) is 16.4. The number of nitro groups is 1. The Morgan fingerprint density at radius 1 is 1.21 bits per heavy atom. The Bertz CT molecular complexity index is 1240. The molecule has 1 aromatic heterocycles. The summed E-state index contributed by atoms with van der Waals surface area (Å²) in [6, 6.07) is 12.2. The number of nitrogens with zero attached hydrogens (tertiary/aromatic N) is 2. The van der Waals surface area contributed by atoms with Gasteiger partial charge in [0.05, 0.1) is 28.7 Å². The molecular formula is C23H19N3O7S. The van der Waals surface area contributed by atoms with Gasteiger partial charge in [-0.15, -0.1) is 11.3 Å². The first kappa shape index (κ1) is 22.9. The number of fused-ring (bicyclic) bond motifs is 1. The van der Waals surface area contributed by atoms with Gasteiger partial charge in [0, 0.05) is 18.0 Å². The van der Waals surface area contributed by atoms with Crippen LogP contribution in [-0.4, -0.2) is 28.6 Å². The maximum atomic E-state index is 12.1. The Morgan fingerprint density at radius 2 is 1.97 bits per heavy atom. The summed E-state index contributed by atoms with van der Waals surface area (Å²) in [6.07, 6.45) is 2.50. The number of nitrogens with one attached hydrogen (secondary N) is 1. The van der Waals surface area contributed by atoms with E-state index in [1.54, 1.807) is 5.38 Å². The van der Waals surface area contributed by atoms with Crippen LogP contribution in [0.4, 0.5) is 5.69 Å². The van der Waals surface area contributed by atoms with E-state index < -0.39 is 10.9 Å². The lowest BCUT2D eigenvalue weighted by atomic mass is 10.1. The minimum atomic E-state index is -0.692. The largest absolute Gasteiger partial charge is 0.456 e. The SMILES string of the molecule is O=C(Cc1nc(COC(=O)C=Cc2cc3c(cc2[N+](=O)[O-])OCO3)cs1)NCc1ccccc1. The molecule has 0 fully saturated rings. The first-order chi connectivity index (χ1) is 16.5. The Balaban J connectivity index is 1.27. The maximum absolute atomic E-state index is 12.1. The molecule has 0 saturated heterocycles. The minimum Gasteiger partial charge on any atom is -0.456 e. The first-order valence-electron chi connectivity index (χ1n) is 10.1. The number of rotatable bonds is 9. The first-order valence-corrected chi connectivity index (χ1v) is 11.0. The van der Waals surface area contributed by atoms with E-state index in [1.807, 2.05) is 30.3 Å². The zero-order chi connectivity index (χ0) is 23.9. The van der Waals surface area contributed by atoms with Crippen LogP contribution in [0, 0.1) is 10.1 Å². The molecule has 2 aromatic carbocycles. The van der Waals surface area contributed by atoms with Crippen molar-refractivity contribution in [2.45, 2.75) is 19.6 Å². The molecule has 0 atom stereocenters. The lowest BCUT2D eigenvalue weighted by Crippen LogP contribution is -2.24. The van der Waals surface area contributed by atoms with E-state index in [-0.39, 0.29) is 42.7 Å². The third-order valence-electron chi connectivity index (χ3n) is 4.72. The molecule has 0 spiro atoms. The van der Waals surface area contributed by atoms with Crippen LogP contribution in [0.15, 0.2) is 53.9 Å². The average Bonchev–Trinajstić information content (AvgIpc) is 3.48. The smallest absolute Gasteiger partial charge is 0.331 e. The van der Waals surface area contributed by atoms with Gasteiger partial charge in [-0.3, -0.25) is 14.9 Å². The number of esters is 1. The van der Waals surface area contributed by atoms with Crippen molar-refractivity contribution in [1.29, 1.82) is 0 Å². The Morgan fingerprint density at radius 3 is 2.74 bits per heavy atom. The molecule has 1 aliphatic heterocycles. The summed E-state index contributed by atoms with van der Waals surface area (Å²) in [5.41, 5.74) is 1.47. The second kappa shape index (κ2) is 10.6. The number of carbonyl (C=O) groups is 2. The van der Waals surface area contributed by atoms with Crippen LogP contribution in [0.5, 0.6) is 11.5 Å². The molecule has 0 unspecified atom stereocenters. The van der Waals surface area contributed by atoms with Gasteiger partial charge in [-0.25, -0.2) is 9.78 Å². The number of nitro benzene ring substituents is 1. The molecule has 174 valence electrons. The van der Waals surface area contributed by atoms with Gasteiger partial charge in [-0.2, -0.15) is 0 Å². The quantitative estimate of drug-likeness (QED) is 0.213. The van der Waals surface area contributed by atoms with Crippen molar-refractivity contribution in [3.63, 3.8) is 0 Å². The highest BCUT2D eigenvalue weighted by Crippen LogP contribution is 2.38. The van der Waals surface area contributed by atoms with E-state index in [4.69, 9.17) is 14.2 Å². The number of hydrogen-bond acceptors (Lipinski definition) is 9. The number of carbonyl (C=O) groups excluding carboxylic acids is 2. The summed E-state index contributed by atoms with van der Waals surface area (Å²) >= 11 is 1.30. The fourth-order valence-electron chi connectivity index (χ4n) is 3.08. The highest BCUT2D eigenvalue weighted by atomic mass is 32.1. The third kappa shape index (κ3) is 5.95. The second-order valence-electron chi connectivity index (χ2n) is 7.13. The van der Waals surface area contributed by atoms with Gasteiger partial charge in [0.2, 0.25) is 12.7 Å². The van der Waals surface area contributed by atoms with E-state index in [0.29, 0.717) is 23.0 Å². The fourth-order valence-corrected chi connectivity index (χ4v) is 3.86. The predicted molar refractivity (Wildman–Crippen MR) is 122 cm³/mol. The summed E-state index contributed by atoms with van der Waals surface area (Å²) in [7, 11) is 0. The monoisotopic (exact) mass is 481 g/mol. The highest BCUT2D eigenvalue weighted by molar-refractivity contribution is 7.09. The molecule has 4 rings (SSSR count). The molecule has 2 heterocycles. The fraction of sp³-hybridized carbons (Fsp3) is 0.174. The van der Waals surface area contributed by atoms with Crippen LogP contribution < -0.4 is 14.8 Å². The van der Waals surface area contributed by atoms with Crippen LogP contribution in [0.25, 0.3) is 6.08 Å². The normalized spacial score (nSPS) is 12.0. The van der Waals surface area contributed by atoms with Crippen LogP contribution in [0.1, 0.15) is 21.8 Å². The third-order valence-corrected chi connectivity index (χ3v) is 5.62. The molecule has 1 aliphatic rings. The zero-order valence-corrected chi connectivity index (χ0v) is 18.6. The average molecular weight is 481 g/mol. The van der Waals surface area contributed by atoms with Gasteiger partial charge < -0.3 is 19.5 Å². The molecule has 0 bridgehead atoms.